The van der Waals surface area contributed by atoms with E-state index in [0.29, 0.717) is 15.7 Å². The van der Waals surface area contributed by atoms with Crippen LogP contribution in [0.15, 0.2) is 36.5 Å². The first-order valence-corrected chi connectivity index (χ1v) is 7.51. The molecule has 0 atom stereocenters. The van der Waals surface area contributed by atoms with Gasteiger partial charge in [0.25, 0.3) is 0 Å². The van der Waals surface area contributed by atoms with Crippen molar-refractivity contribution in [3.8, 4) is 0 Å². The summed E-state index contributed by atoms with van der Waals surface area (Å²) in [4.78, 5) is 11.7. The number of hydrogen-bond acceptors (Lipinski definition) is 3. The third kappa shape index (κ3) is 4.38. The fraction of sp³-hybridized carbons (Fsp3) is 0.0625. The predicted octanol–water partition coefficient (Wildman–Crippen LogP) is 5.66. The number of esters is 1. The fourth-order valence-corrected chi connectivity index (χ4v) is 2.52. The molecule has 0 bridgehead atoms. The maximum Gasteiger partial charge on any atom is 0.338 e. The molecule has 0 heterocycles. The molecule has 0 amide bonds. The van der Waals surface area contributed by atoms with Crippen molar-refractivity contribution < 1.29 is 13.9 Å². The highest BCUT2D eigenvalue weighted by molar-refractivity contribution is 6.36. The SMILES string of the molecule is COC(=O)c1cc(Cl)cc(F)c1C=CNc1ccc(Cl)cc1Cl. The number of carbonyl (C=O) groups excluding carboxylic acids is 1. The number of halogens is 4. The van der Waals surface area contributed by atoms with Crippen LogP contribution in [0.4, 0.5) is 10.1 Å². The highest BCUT2D eigenvalue weighted by Crippen LogP contribution is 2.26. The van der Waals surface area contributed by atoms with E-state index in [1.54, 1.807) is 18.2 Å². The van der Waals surface area contributed by atoms with E-state index in [2.05, 4.69) is 10.1 Å². The summed E-state index contributed by atoms with van der Waals surface area (Å²) in [6.45, 7) is 0. The Morgan fingerprint density at radius 1 is 1.17 bits per heavy atom. The van der Waals surface area contributed by atoms with Crippen molar-refractivity contribution in [2.24, 2.45) is 0 Å². The Hall–Kier alpha value is -1.75. The summed E-state index contributed by atoms with van der Waals surface area (Å²) in [6.07, 6.45) is 2.84. The van der Waals surface area contributed by atoms with E-state index in [-0.39, 0.29) is 16.1 Å². The maximum absolute atomic E-state index is 14.1. The number of methoxy groups -OCH3 is 1. The standard InChI is InChI=1S/C16H11Cl3FNO2/c1-23-16(22)12-6-10(18)8-14(20)11(12)4-5-21-15-3-2-9(17)7-13(15)19/h2-8,21H,1H3. The second-order valence-corrected chi connectivity index (χ2v) is 5.72. The van der Waals surface area contributed by atoms with Crippen LogP contribution in [-0.4, -0.2) is 13.1 Å². The molecule has 0 fully saturated rings. The molecule has 23 heavy (non-hydrogen) atoms. The first kappa shape index (κ1) is 17.6. The molecular weight excluding hydrogens is 364 g/mol. The highest BCUT2D eigenvalue weighted by atomic mass is 35.5. The Kier molecular flexibility index (Phi) is 5.88. The van der Waals surface area contributed by atoms with E-state index in [9.17, 15) is 9.18 Å². The normalized spacial score (nSPS) is 10.8. The van der Waals surface area contributed by atoms with E-state index in [4.69, 9.17) is 34.8 Å². The van der Waals surface area contributed by atoms with E-state index in [0.717, 1.165) is 6.07 Å². The number of ether oxygens (including phenoxy) is 1. The van der Waals surface area contributed by atoms with Gasteiger partial charge in [0.2, 0.25) is 0 Å². The molecule has 0 saturated heterocycles. The van der Waals surface area contributed by atoms with Crippen molar-refractivity contribution in [3.05, 3.63) is 68.5 Å². The Morgan fingerprint density at radius 2 is 1.91 bits per heavy atom. The second kappa shape index (κ2) is 7.68. The van der Waals surface area contributed by atoms with Crippen molar-refractivity contribution in [2.75, 3.05) is 12.4 Å². The lowest BCUT2D eigenvalue weighted by Crippen LogP contribution is -2.05. The monoisotopic (exact) mass is 373 g/mol. The van der Waals surface area contributed by atoms with Crippen LogP contribution in [-0.2, 0) is 4.74 Å². The Labute approximate surface area is 147 Å². The Balaban J connectivity index is 2.30. The summed E-state index contributed by atoms with van der Waals surface area (Å²) in [5.41, 5.74) is 0.665. The van der Waals surface area contributed by atoms with Crippen molar-refractivity contribution in [1.29, 1.82) is 0 Å². The largest absolute Gasteiger partial charge is 0.465 e. The van der Waals surface area contributed by atoms with Gasteiger partial charge < -0.3 is 10.1 Å². The average Bonchev–Trinajstić information content (AvgIpc) is 2.50. The van der Waals surface area contributed by atoms with Gasteiger partial charge in [-0.15, -0.1) is 0 Å². The summed E-state index contributed by atoms with van der Waals surface area (Å²) in [7, 11) is 1.21. The van der Waals surface area contributed by atoms with Crippen molar-refractivity contribution in [2.45, 2.75) is 0 Å². The molecule has 0 radical (unpaired) electrons. The number of benzene rings is 2. The van der Waals surface area contributed by atoms with Crippen molar-refractivity contribution >= 4 is 52.5 Å². The number of anilines is 1. The quantitative estimate of drug-likeness (QED) is 0.702. The van der Waals surface area contributed by atoms with Gasteiger partial charge in [-0.25, -0.2) is 9.18 Å². The molecule has 3 nitrogen and oxygen atoms in total. The van der Waals surface area contributed by atoms with Crippen molar-refractivity contribution in [1.82, 2.24) is 0 Å². The van der Waals surface area contributed by atoms with Gasteiger partial charge in [-0.2, -0.15) is 0 Å². The predicted molar refractivity (Wildman–Crippen MR) is 91.9 cm³/mol. The van der Waals surface area contributed by atoms with Crippen LogP contribution < -0.4 is 5.32 Å². The number of hydrogen-bond donors (Lipinski definition) is 1. The Bertz CT molecular complexity index is 778. The molecule has 2 rings (SSSR count). The molecule has 0 saturated carbocycles. The Morgan fingerprint density at radius 3 is 2.57 bits per heavy atom. The summed E-state index contributed by atoms with van der Waals surface area (Å²) >= 11 is 17.6. The van der Waals surface area contributed by atoms with Crippen LogP contribution in [0.3, 0.4) is 0 Å². The van der Waals surface area contributed by atoms with Gasteiger partial charge in [-0.3, -0.25) is 0 Å². The fourth-order valence-electron chi connectivity index (χ4n) is 1.85. The summed E-state index contributed by atoms with van der Waals surface area (Å²) in [6, 6.07) is 7.36. The van der Waals surface area contributed by atoms with E-state index in [1.807, 2.05) is 0 Å². The molecule has 1 N–H and O–H groups in total. The van der Waals surface area contributed by atoms with E-state index < -0.39 is 11.8 Å². The van der Waals surface area contributed by atoms with Crippen LogP contribution in [0.5, 0.6) is 0 Å². The van der Waals surface area contributed by atoms with Crippen LogP contribution >= 0.6 is 34.8 Å². The third-order valence-electron chi connectivity index (χ3n) is 2.92. The van der Waals surface area contributed by atoms with Crippen LogP contribution in [0.25, 0.3) is 6.08 Å². The van der Waals surface area contributed by atoms with E-state index >= 15 is 0 Å². The van der Waals surface area contributed by atoms with Gasteiger partial charge in [0.05, 0.1) is 23.4 Å². The molecule has 0 aliphatic rings. The lowest BCUT2D eigenvalue weighted by Gasteiger charge is -2.07. The summed E-state index contributed by atoms with van der Waals surface area (Å²) < 4.78 is 18.7. The first-order chi connectivity index (χ1) is 10.9. The zero-order valence-electron chi connectivity index (χ0n) is 11.9. The molecule has 0 aromatic heterocycles. The van der Waals surface area contributed by atoms with Crippen LogP contribution in [0.2, 0.25) is 15.1 Å². The van der Waals surface area contributed by atoms with E-state index in [1.165, 1.54) is 25.5 Å². The number of nitrogens with one attached hydrogen (secondary N) is 1. The third-order valence-corrected chi connectivity index (χ3v) is 3.69. The second-order valence-electron chi connectivity index (χ2n) is 4.44. The lowest BCUT2D eigenvalue weighted by molar-refractivity contribution is 0.0600. The molecule has 120 valence electrons. The van der Waals surface area contributed by atoms with Crippen molar-refractivity contribution in [3.63, 3.8) is 0 Å². The number of carbonyl (C=O) groups is 1. The molecule has 7 heteroatoms. The van der Waals surface area contributed by atoms with Gasteiger partial charge >= 0.3 is 5.97 Å². The molecule has 0 aliphatic carbocycles. The maximum atomic E-state index is 14.1. The minimum Gasteiger partial charge on any atom is -0.465 e. The molecule has 0 spiro atoms. The first-order valence-electron chi connectivity index (χ1n) is 6.38. The van der Waals surface area contributed by atoms with Gasteiger partial charge in [0.1, 0.15) is 5.82 Å². The zero-order chi connectivity index (χ0) is 17.0. The van der Waals surface area contributed by atoms with Gasteiger partial charge in [-0.1, -0.05) is 34.8 Å². The van der Waals surface area contributed by atoms with Gasteiger partial charge in [0.15, 0.2) is 0 Å². The zero-order valence-corrected chi connectivity index (χ0v) is 14.1. The minimum atomic E-state index is -0.685. The molecular formula is C16H11Cl3FNO2. The lowest BCUT2D eigenvalue weighted by atomic mass is 10.1. The highest BCUT2D eigenvalue weighted by Gasteiger charge is 2.15. The smallest absolute Gasteiger partial charge is 0.338 e. The molecule has 0 aliphatic heterocycles. The van der Waals surface area contributed by atoms with Gasteiger partial charge in [0, 0.05) is 21.8 Å². The minimum absolute atomic E-state index is 0.0257. The average molecular weight is 375 g/mol. The molecule has 2 aromatic rings. The molecule has 2 aromatic carbocycles. The molecule has 0 unspecified atom stereocenters. The topological polar surface area (TPSA) is 38.3 Å². The van der Waals surface area contributed by atoms with Gasteiger partial charge in [-0.05, 0) is 36.4 Å². The summed E-state index contributed by atoms with van der Waals surface area (Å²) in [5, 5.41) is 3.91. The van der Waals surface area contributed by atoms with Crippen LogP contribution in [0, 0.1) is 5.82 Å². The van der Waals surface area contributed by atoms with Crippen LogP contribution in [0.1, 0.15) is 15.9 Å². The summed E-state index contributed by atoms with van der Waals surface area (Å²) in [5.74, 6) is -1.33. The number of rotatable bonds is 4.